The number of hydrogen-bond acceptors (Lipinski definition) is 4. The Kier molecular flexibility index (Phi) is 7.33. The molecule has 2 unspecified atom stereocenters. The molecule has 0 bridgehead atoms. The number of halogens is 2. The first-order valence-corrected chi connectivity index (χ1v) is 8.33. The maximum atomic E-state index is 5.99. The molecule has 2 aliphatic carbocycles. The topological polar surface area (TPSA) is 54.0 Å². The van der Waals surface area contributed by atoms with Gasteiger partial charge in [0.25, 0.3) is 0 Å². The maximum Gasteiger partial charge on any atom is 0.0846 e. The number of alkyl halides is 1. The van der Waals surface area contributed by atoms with Gasteiger partial charge in [-0.1, -0.05) is 42.0 Å². The van der Waals surface area contributed by atoms with Crippen LogP contribution in [0.25, 0.3) is 0 Å². The molecule has 0 saturated heterocycles. The Bertz CT molecular complexity index is 508. The van der Waals surface area contributed by atoms with Crippen molar-refractivity contribution < 1.29 is 0 Å². The first kappa shape index (κ1) is 17.4. The Morgan fingerprint density at radius 2 is 2.05 bits per heavy atom. The normalized spacial score (nSPS) is 24.9. The fourth-order valence-electron chi connectivity index (χ4n) is 2.30. The van der Waals surface area contributed by atoms with E-state index in [1.54, 1.807) is 5.01 Å². The van der Waals surface area contributed by atoms with Gasteiger partial charge in [0.1, 0.15) is 0 Å². The van der Waals surface area contributed by atoms with Crippen molar-refractivity contribution in [2.24, 2.45) is 22.0 Å². The van der Waals surface area contributed by atoms with E-state index in [4.69, 9.17) is 29.0 Å². The van der Waals surface area contributed by atoms with Gasteiger partial charge >= 0.3 is 0 Å². The lowest BCUT2D eigenvalue weighted by Gasteiger charge is -2.21. The van der Waals surface area contributed by atoms with Crippen LogP contribution in [-0.4, -0.2) is 36.6 Å². The van der Waals surface area contributed by atoms with Crippen molar-refractivity contribution in [2.75, 3.05) is 26.2 Å². The maximum absolute atomic E-state index is 5.99. The second-order valence-corrected chi connectivity index (χ2v) is 6.49. The highest BCUT2D eigenvalue weighted by Crippen LogP contribution is 2.19. The quantitative estimate of drug-likeness (QED) is 0.331. The van der Waals surface area contributed by atoms with Crippen molar-refractivity contribution in [1.82, 2.24) is 5.01 Å². The molecule has 4 nitrogen and oxygen atoms in total. The van der Waals surface area contributed by atoms with Crippen molar-refractivity contribution in [3.63, 3.8) is 0 Å². The summed E-state index contributed by atoms with van der Waals surface area (Å²) in [6, 6.07) is 0. The number of nitrogens with zero attached hydrogens (tertiary/aromatic N) is 3. The largest absolute Gasteiger partial charge is 0.269 e. The molecule has 2 aliphatic rings. The Hall–Kier alpha value is -0.940. The number of hydrazine groups is 1. The van der Waals surface area contributed by atoms with Gasteiger partial charge in [-0.15, -0.1) is 11.6 Å². The zero-order valence-electron chi connectivity index (χ0n) is 12.5. The molecule has 22 heavy (non-hydrogen) atoms. The summed E-state index contributed by atoms with van der Waals surface area (Å²) in [5, 5.41) is 11.1. The average Bonchev–Trinajstić information content (AvgIpc) is 2.51. The summed E-state index contributed by atoms with van der Waals surface area (Å²) in [6.07, 6.45) is 14.0. The lowest BCUT2D eigenvalue weighted by molar-refractivity contribution is 0.261. The summed E-state index contributed by atoms with van der Waals surface area (Å²) < 4.78 is 0. The lowest BCUT2D eigenvalue weighted by atomic mass is 10.0. The van der Waals surface area contributed by atoms with E-state index in [2.05, 4.69) is 22.4 Å². The first-order valence-electron chi connectivity index (χ1n) is 7.51. The van der Waals surface area contributed by atoms with E-state index in [1.807, 2.05) is 24.3 Å². The molecular weight excluding hydrogens is 319 g/mol. The minimum atomic E-state index is 0.116. The number of hydrogen-bond donors (Lipinski definition) is 1. The van der Waals surface area contributed by atoms with Gasteiger partial charge in [-0.05, 0) is 30.4 Å². The van der Waals surface area contributed by atoms with E-state index in [0.29, 0.717) is 25.6 Å². The van der Waals surface area contributed by atoms with Crippen LogP contribution in [0.3, 0.4) is 0 Å². The summed E-state index contributed by atoms with van der Waals surface area (Å²) in [4.78, 5) is 0. The summed E-state index contributed by atoms with van der Waals surface area (Å²) in [7, 11) is 0. The van der Waals surface area contributed by atoms with Crippen LogP contribution in [0.5, 0.6) is 0 Å². The molecule has 120 valence electrons. The monoisotopic (exact) mass is 340 g/mol. The minimum absolute atomic E-state index is 0.116. The van der Waals surface area contributed by atoms with E-state index in [1.165, 1.54) is 5.57 Å². The zero-order chi connectivity index (χ0) is 15.8. The lowest BCUT2D eigenvalue weighted by Crippen LogP contribution is -2.37. The van der Waals surface area contributed by atoms with Crippen LogP contribution in [0.4, 0.5) is 0 Å². The van der Waals surface area contributed by atoms with Gasteiger partial charge in [-0.25, -0.2) is 5.01 Å². The molecule has 2 atom stereocenters. The second-order valence-electron chi connectivity index (χ2n) is 5.49. The molecule has 0 saturated carbocycles. The standard InChI is InChI=1S/C16H22Cl2N4/c17-15-5-1-13(2-6-15)11-21-20-9-10-22(19)12-14-3-7-16(18)8-4-14/h1-3,5,7-8,14-15H,4,6,9-12,19H2. The molecule has 6 heteroatoms. The summed E-state index contributed by atoms with van der Waals surface area (Å²) in [5.41, 5.74) is 1.17. The third kappa shape index (κ3) is 6.44. The molecule has 0 heterocycles. The second kappa shape index (κ2) is 9.26. The van der Waals surface area contributed by atoms with Crippen molar-refractivity contribution in [2.45, 2.75) is 18.2 Å². The highest BCUT2D eigenvalue weighted by Gasteiger charge is 2.10. The van der Waals surface area contributed by atoms with Crippen LogP contribution in [0.2, 0.25) is 0 Å². The minimum Gasteiger partial charge on any atom is -0.269 e. The van der Waals surface area contributed by atoms with Crippen molar-refractivity contribution in [3.05, 3.63) is 47.1 Å². The highest BCUT2D eigenvalue weighted by molar-refractivity contribution is 6.31. The number of nitrogens with two attached hydrogens (primary N) is 1. The molecule has 2 N–H and O–H groups in total. The Labute approximate surface area is 142 Å². The Morgan fingerprint density at radius 3 is 2.73 bits per heavy atom. The Morgan fingerprint density at radius 1 is 1.18 bits per heavy atom. The predicted octanol–water partition coefficient (Wildman–Crippen LogP) is 3.81. The van der Waals surface area contributed by atoms with Gasteiger partial charge in [0, 0.05) is 18.1 Å². The fourth-order valence-corrected chi connectivity index (χ4v) is 2.62. The van der Waals surface area contributed by atoms with Crippen LogP contribution in [0, 0.1) is 5.92 Å². The molecule has 0 spiro atoms. The SMILES string of the molecule is NN(CCN=NCC1=CCC(Cl)C=C1)CC1C=CC(Cl)=CC1. The van der Waals surface area contributed by atoms with Gasteiger partial charge in [0.2, 0.25) is 0 Å². The van der Waals surface area contributed by atoms with Crippen LogP contribution < -0.4 is 5.84 Å². The van der Waals surface area contributed by atoms with Crippen molar-refractivity contribution in [3.8, 4) is 0 Å². The highest BCUT2D eigenvalue weighted by atomic mass is 35.5. The summed E-state index contributed by atoms with van der Waals surface area (Å²) in [5.74, 6) is 6.41. The first-order chi connectivity index (χ1) is 10.6. The molecule has 0 aromatic carbocycles. The summed E-state index contributed by atoms with van der Waals surface area (Å²) in [6.45, 7) is 2.72. The van der Waals surface area contributed by atoms with Gasteiger partial charge in [-0.2, -0.15) is 10.2 Å². The smallest absolute Gasteiger partial charge is 0.0846 e. The number of allylic oxidation sites excluding steroid dienone is 5. The number of azo groups is 1. The zero-order valence-corrected chi connectivity index (χ0v) is 14.0. The number of rotatable bonds is 7. The van der Waals surface area contributed by atoms with Gasteiger partial charge in [0.05, 0.1) is 18.5 Å². The molecular formula is C16H22Cl2N4. The molecule has 0 amide bonds. The molecule has 0 aliphatic heterocycles. The molecule has 0 aromatic rings. The van der Waals surface area contributed by atoms with Gasteiger partial charge < -0.3 is 0 Å². The molecule has 0 radical (unpaired) electrons. The van der Waals surface area contributed by atoms with Crippen LogP contribution in [0.1, 0.15) is 12.8 Å². The van der Waals surface area contributed by atoms with Crippen molar-refractivity contribution >= 4 is 23.2 Å². The average molecular weight is 341 g/mol. The third-order valence-electron chi connectivity index (χ3n) is 3.58. The molecule has 0 aromatic heterocycles. The van der Waals surface area contributed by atoms with Crippen LogP contribution in [0.15, 0.2) is 57.3 Å². The van der Waals surface area contributed by atoms with E-state index < -0.39 is 0 Å². The van der Waals surface area contributed by atoms with Crippen molar-refractivity contribution in [1.29, 1.82) is 0 Å². The summed E-state index contributed by atoms with van der Waals surface area (Å²) >= 11 is 11.9. The predicted molar refractivity (Wildman–Crippen MR) is 93.0 cm³/mol. The molecule has 2 rings (SSSR count). The van der Waals surface area contributed by atoms with Crippen LogP contribution in [-0.2, 0) is 0 Å². The van der Waals surface area contributed by atoms with Crippen LogP contribution >= 0.6 is 23.2 Å². The molecule has 0 fully saturated rings. The van der Waals surface area contributed by atoms with E-state index in [0.717, 1.165) is 24.4 Å². The third-order valence-corrected chi connectivity index (χ3v) is 4.18. The Balaban J connectivity index is 1.59. The van der Waals surface area contributed by atoms with Gasteiger partial charge in [0.15, 0.2) is 0 Å². The fraction of sp³-hybridized carbons (Fsp3) is 0.500. The van der Waals surface area contributed by atoms with E-state index >= 15 is 0 Å². The van der Waals surface area contributed by atoms with E-state index in [9.17, 15) is 0 Å². The van der Waals surface area contributed by atoms with E-state index in [-0.39, 0.29) is 5.38 Å². The van der Waals surface area contributed by atoms with Gasteiger partial charge in [-0.3, -0.25) is 5.84 Å².